The number of nitrogens with one attached hydrogen (secondary N) is 1. The highest BCUT2D eigenvalue weighted by atomic mass is 32.2. The second-order valence-electron chi connectivity index (χ2n) is 7.35. The van der Waals surface area contributed by atoms with Gasteiger partial charge in [0, 0.05) is 19.7 Å². The van der Waals surface area contributed by atoms with Crippen LogP contribution in [-0.2, 0) is 25.8 Å². The SMILES string of the molecule is CC(=O)N1CCc2ccccc2C1CC(=O)Nc1nc2ccc(S(C)(=O)=O)cc2s1. The van der Waals surface area contributed by atoms with Crippen LogP contribution in [0.15, 0.2) is 47.4 Å². The van der Waals surface area contributed by atoms with Gasteiger partial charge >= 0.3 is 0 Å². The number of carbonyl (C=O) groups is 2. The summed E-state index contributed by atoms with van der Waals surface area (Å²) in [5.74, 6) is -0.305. The third-order valence-corrected chi connectivity index (χ3v) is 7.27. The van der Waals surface area contributed by atoms with Crippen molar-refractivity contribution in [2.24, 2.45) is 0 Å². The van der Waals surface area contributed by atoms with Crippen LogP contribution in [0.2, 0.25) is 0 Å². The van der Waals surface area contributed by atoms with E-state index in [1.165, 1.54) is 24.3 Å². The fraction of sp³-hybridized carbons (Fsp3) is 0.286. The van der Waals surface area contributed by atoms with E-state index >= 15 is 0 Å². The highest BCUT2D eigenvalue weighted by molar-refractivity contribution is 7.90. The number of hydrogen-bond donors (Lipinski definition) is 1. The zero-order valence-corrected chi connectivity index (χ0v) is 18.2. The molecule has 4 rings (SSSR count). The summed E-state index contributed by atoms with van der Waals surface area (Å²) < 4.78 is 24.2. The van der Waals surface area contributed by atoms with Gasteiger partial charge in [-0.05, 0) is 35.7 Å². The van der Waals surface area contributed by atoms with Gasteiger partial charge < -0.3 is 10.2 Å². The standard InChI is InChI=1S/C21H21N3O4S2/c1-13(25)24-10-9-14-5-3-4-6-16(14)18(24)12-20(26)23-21-22-17-8-7-15(30(2,27)28)11-19(17)29-21/h3-8,11,18H,9-10,12H2,1-2H3,(H,22,23,26). The number of nitrogens with zero attached hydrogens (tertiary/aromatic N) is 2. The molecule has 1 unspecified atom stereocenters. The highest BCUT2D eigenvalue weighted by Gasteiger charge is 2.30. The van der Waals surface area contributed by atoms with Gasteiger partial charge in [-0.3, -0.25) is 9.59 Å². The molecule has 0 saturated carbocycles. The Morgan fingerprint density at radius 1 is 1.23 bits per heavy atom. The number of benzene rings is 2. The van der Waals surface area contributed by atoms with Crippen LogP contribution in [0.25, 0.3) is 10.2 Å². The maximum atomic E-state index is 12.8. The minimum atomic E-state index is -3.32. The zero-order valence-electron chi connectivity index (χ0n) is 16.6. The van der Waals surface area contributed by atoms with Gasteiger partial charge in [-0.2, -0.15) is 0 Å². The van der Waals surface area contributed by atoms with E-state index in [1.807, 2.05) is 24.3 Å². The summed E-state index contributed by atoms with van der Waals surface area (Å²) in [5.41, 5.74) is 2.77. The van der Waals surface area contributed by atoms with Crippen molar-refractivity contribution in [3.8, 4) is 0 Å². The van der Waals surface area contributed by atoms with Crippen LogP contribution in [0.1, 0.15) is 30.5 Å². The second-order valence-corrected chi connectivity index (χ2v) is 10.4. The van der Waals surface area contributed by atoms with Crippen LogP contribution in [0.5, 0.6) is 0 Å². The second kappa shape index (κ2) is 7.81. The Bertz CT molecular complexity index is 1250. The first-order valence-electron chi connectivity index (χ1n) is 9.48. The number of thiazole rings is 1. The molecule has 0 fully saturated rings. The minimum absolute atomic E-state index is 0.0596. The predicted molar refractivity (Wildman–Crippen MR) is 116 cm³/mol. The number of hydrogen-bond acceptors (Lipinski definition) is 6. The van der Waals surface area contributed by atoms with Gasteiger partial charge in [0.05, 0.1) is 27.6 Å². The van der Waals surface area contributed by atoms with E-state index in [0.717, 1.165) is 23.8 Å². The van der Waals surface area contributed by atoms with Gasteiger partial charge in [0.15, 0.2) is 15.0 Å². The quantitative estimate of drug-likeness (QED) is 0.668. The van der Waals surface area contributed by atoms with Crippen LogP contribution in [0, 0.1) is 0 Å². The van der Waals surface area contributed by atoms with Crippen LogP contribution in [0.3, 0.4) is 0 Å². The lowest BCUT2D eigenvalue weighted by Gasteiger charge is -2.36. The van der Waals surface area contributed by atoms with Crippen molar-refractivity contribution >= 4 is 48.3 Å². The van der Waals surface area contributed by atoms with Crippen molar-refractivity contribution in [1.29, 1.82) is 0 Å². The zero-order chi connectivity index (χ0) is 21.5. The molecule has 1 N–H and O–H groups in total. The normalized spacial score (nSPS) is 16.3. The highest BCUT2D eigenvalue weighted by Crippen LogP contribution is 2.33. The first kappa shape index (κ1) is 20.5. The molecule has 0 aliphatic carbocycles. The van der Waals surface area contributed by atoms with Crippen LogP contribution < -0.4 is 5.32 Å². The molecule has 0 spiro atoms. The fourth-order valence-corrected chi connectivity index (χ4v) is 5.43. The Kier molecular flexibility index (Phi) is 5.33. The number of anilines is 1. The summed E-state index contributed by atoms with van der Waals surface area (Å²) in [6.45, 7) is 2.10. The maximum absolute atomic E-state index is 12.8. The number of rotatable bonds is 4. The van der Waals surface area contributed by atoms with E-state index in [9.17, 15) is 18.0 Å². The van der Waals surface area contributed by atoms with E-state index in [0.29, 0.717) is 21.9 Å². The van der Waals surface area contributed by atoms with E-state index in [-0.39, 0.29) is 29.2 Å². The Morgan fingerprint density at radius 2 is 2.00 bits per heavy atom. The van der Waals surface area contributed by atoms with Crippen molar-refractivity contribution in [2.75, 3.05) is 18.1 Å². The average Bonchev–Trinajstić information content (AvgIpc) is 3.08. The van der Waals surface area contributed by atoms with E-state index < -0.39 is 9.84 Å². The predicted octanol–water partition coefficient (Wildman–Crippen LogP) is 3.17. The maximum Gasteiger partial charge on any atom is 0.228 e. The monoisotopic (exact) mass is 443 g/mol. The Labute approximate surface area is 178 Å². The van der Waals surface area contributed by atoms with Gasteiger partial charge in [0.1, 0.15) is 0 Å². The molecule has 9 heteroatoms. The lowest BCUT2D eigenvalue weighted by Crippen LogP contribution is -2.40. The lowest BCUT2D eigenvalue weighted by atomic mass is 9.90. The van der Waals surface area contributed by atoms with Gasteiger partial charge in [-0.15, -0.1) is 0 Å². The smallest absolute Gasteiger partial charge is 0.228 e. The van der Waals surface area contributed by atoms with Crippen molar-refractivity contribution < 1.29 is 18.0 Å². The summed E-state index contributed by atoms with van der Waals surface area (Å²) in [6.07, 6.45) is 2.05. The molecule has 7 nitrogen and oxygen atoms in total. The van der Waals surface area contributed by atoms with Gasteiger partial charge in [-0.1, -0.05) is 35.6 Å². The number of sulfone groups is 1. The number of amides is 2. The molecule has 156 valence electrons. The summed E-state index contributed by atoms with van der Waals surface area (Å²) in [5, 5.41) is 3.21. The van der Waals surface area contributed by atoms with Crippen molar-refractivity contribution in [3.05, 3.63) is 53.6 Å². The first-order valence-corrected chi connectivity index (χ1v) is 12.2. The molecular weight excluding hydrogens is 422 g/mol. The molecule has 2 aromatic carbocycles. The van der Waals surface area contributed by atoms with Gasteiger partial charge in [0.25, 0.3) is 0 Å². The van der Waals surface area contributed by atoms with Crippen LogP contribution >= 0.6 is 11.3 Å². The van der Waals surface area contributed by atoms with Crippen molar-refractivity contribution in [1.82, 2.24) is 9.88 Å². The Hall–Kier alpha value is -2.78. The molecule has 2 amide bonds. The lowest BCUT2D eigenvalue weighted by molar-refractivity contribution is -0.132. The third-order valence-electron chi connectivity index (χ3n) is 5.23. The topological polar surface area (TPSA) is 96.4 Å². The van der Waals surface area contributed by atoms with Crippen molar-refractivity contribution in [2.45, 2.75) is 30.7 Å². The fourth-order valence-electron chi connectivity index (χ4n) is 3.78. The molecular formula is C21H21N3O4S2. The minimum Gasteiger partial charge on any atom is -0.335 e. The van der Waals surface area contributed by atoms with E-state index in [4.69, 9.17) is 0 Å². The van der Waals surface area contributed by atoms with E-state index in [2.05, 4.69) is 10.3 Å². The Morgan fingerprint density at radius 3 is 2.73 bits per heavy atom. The largest absolute Gasteiger partial charge is 0.335 e. The molecule has 1 aliphatic rings. The van der Waals surface area contributed by atoms with Crippen molar-refractivity contribution in [3.63, 3.8) is 0 Å². The molecule has 0 saturated heterocycles. The average molecular weight is 444 g/mol. The molecule has 0 radical (unpaired) electrons. The molecule has 0 bridgehead atoms. The molecule has 3 aromatic rings. The van der Waals surface area contributed by atoms with E-state index in [1.54, 1.807) is 17.0 Å². The molecule has 30 heavy (non-hydrogen) atoms. The summed E-state index contributed by atoms with van der Waals surface area (Å²) in [4.78, 5) is 31.2. The summed E-state index contributed by atoms with van der Waals surface area (Å²) in [6, 6.07) is 12.3. The summed E-state index contributed by atoms with van der Waals surface area (Å²) >= 11 is 1.22. The van der Waals surface area contributed by atoms with Crippen LogP contribution in [0.4, 0.5) is 5.13 Å². The van der Waals surface area contributed by atoms with Crippen LogP contribution in [-0.4, -0.2) is 42.9 Å². The molecule has 1 atom stereocenters. The molecule has 1 aliphatic heterocycles. The molecule has 1 aromatic heterocycles. The number of aromatic nitrogens is 1. The van der Waals surface area contributed by atoms with Gasteiger partial charge in [0.2, 0.25) is 11.8 Å². The van der Waals surface area contributed by atoms with Gasteiger partial charge in [-0.25, -0.2) is 13.4 Å². The number of fused-ring (bicyclic) bond motifs is 2. The summed E-state index contributed by atoms with van der Waals surface area (Å²) in [7, 11) is -3.32. The number of carbonyl (C=O) groups excluding carboxylic acids is 2. The molecule has 2 heterocycles. The first-order chi connectivity index (χ1) is 14.2. The Balaban J connectivity index is 1.56. The third kappa shape index (κ3) is 4.08.